The number of hydrogen-bond donors (Lipinski definition) is 1. The fourth-order valence-corrected chi connectivity index (χ4v) is 2.22. The standard InChI is InChI=1S/C18H14ClN3O2/c19-15-8-6-13(7-9-15)11-21-22-17(23)12-24-16-5-1-3-14-4-2-10-20-18(14)16/h1-11H,12H2,(H,22,23)/b21-11-. The molecule has 0 bridgehead atoms. The van der Waals surface area contributed by atoms with Crippen LogP contribution in [0.25, 0.3) is 10.9 Å². The molecule has 6 heteroatoms. The van der Waals surface area contributed by atoms with Crippen molar-refractivity contribution in [2.24, 2.45) is 5.10 Å². The van der Waals surface area contributed by atoms with E-state index in [1.807, 2.05) is 24.3 Å². The molecule has 1 amide bonds. The number of carbonyl (C=O) groups is 1. The van der Waals surface area contributed by atoms with E-state index in [1.54, 1.807) is 36.5 Å². The molecule has 0 saturated carbocycles. The molecule has 0 aliphatic heterocycles. The molecule has 2 aromatic carbocycles. The quantitative estimate of drug-likeness (QED) is 0.572. The molecule has 0 saturated heterocycles. The maximum atomic E-state index is 11.8. The number of hydrazone groups is 1. The second-order valence-electron chi connectivity index (χ2n) is 4.96. The summed E-state index contributed by atoms with van der Waals surface area (Å²) >= 11 is 5.80. The zero-order valence-electron chi connectivity index (χ0n) is 12.6. The number of halogens is 1. The Hall–Kier alpha value is -2.92. The largest absolute Gasteiger partial charge is 0.481 e. The maximum absolute atomic E-state index is 11.8. The van der Waals surface area contributed by atoms with Gasteiger partial charge in [0.25, 0.3) is 5.91 Å². The Morgan fingerprint density at radius 2 is 1.96 bits per heavy atom. The fourth-order valence-electron chi connectivity index (χ4n) is 2.10. The first-order valence-corrected chi connectivity index (χ1v) is 7.64. The second-order valence-corrected chi connectivity index (χ2v) is 5.40. The molecule has 24 heavy (non-hydrogen) atoms. The summed E-state index contributed by atoms with van der Waals surface area (Å²) in [5.74, 6) is 0.207. The molecule has 0 aliphatic rings. The summed E-state index contributed by atoms with van der Waals surface area (Å²) in [5.41, 5.74) is 3.97. The third-order valence-electron chi connectivity index (χ3n) is 3.23. The highest BCUT2D eigenvalue weighted by atomic mass is 35.5. The maximum Gasteiger partial charge on any atom is 0.277 e. The normalized spacial score (nSPS) is 10.9. The van der Waals surface area contributed by atoms with Crippen molar-refractivity contribution in [3.8, 4) is 5.75 Å². The molecule has 0 spiro atoms. The number of aromatic nitrogens is 1. The van der Waals surface area contributed by atoms with E-state index in [-0.39, 0.29) is 12.5 Å². The minimum Gasteiger partial charge on any atom is -0.481 e. The molecule has 0 fully saturated rings. The van der Waals surface area contributed by atoms with Gasteiger partial charge < -0.3 is 4.74 Å². The zero-order chi connectivity index (χ0) is 16.8. The lowest BCUT2D eigenvalue weighted by atomic mass is 10.2. The lowest BCUT2D eigenvalue weighted by Gasteiger charge is -2.07. The van der Waals surface area contributed by atoms with Crippen LogP contribution in [0.3, 0.4) is 0 Å². The van der Waals surface area contributed by atoms with Crippen LogP contribution in [-0.2, 0) is 4.79 Å². The van der Waals surface area contributed by atoms with Crippen LogP contribution >= 0.6 is 11.6 Å². The van der Waals surface area contributed by atoms with E-state index in [9.17, 15) is 4.79 Å². The molecule has 0 radical (unpaired) electrons. The molecule has 0 unspecified atom stereocenters. The summed E-state index contributed by atoms with van der Waals surface area (Å²) in [7, 11) is 0. The SMILES string of the molecule is O=C(COc1cccc2cccnc12)N/N=C\c1ccc(Cl)cc1. The highest BCUT2D eigenvalue weighted by Gasteiger charge is 2.05. The van der Waals surface area contributed by atoms with Crippen molar-refractivity contribution in [3.05, 3.63) is 71.4 Å². The van der Waals surface area contributed by atoms with E-state index < -0.39 is 0 Å². The zero-order valence-corrected chi connectivity index (χ0v) is 13.4. The molecular weight excluding hydrogens is 326 g/mol. The van der Waals surface area contributed by atoms with Crippen LogP contribution in [0.2, 0.25) is 5.02 Å². The highest BCUT2D eigenvalue weighted by molar-refractivity contribution is 6.30. The Morgan fingerprint density at radius 3 is 2.79 bits per heavy atom. The first kappa shape index (κ1) is 16.0. The van der Waals surface area contributed by atoms with Crippen molar-refractivity contribution in [1.29, 1.82) is 0 Å². The van der Waals surface area contributed by atoms with Crippen LogP contribution in [0, 0.1) is 0 Å². The number of fused-ring (bicyclic) bond motifs is 1. The van der Waals surface area contributed by atoms with Crippen LogP contribution in [0.4, 0.5) is 0 Å². The van der Waals surface area contributed by atoms with Crippen molar-refractivity contribution in [3.63, 3.8) is 0 Å². The lowest BCUT2D eigenvalue weighted by molar-refractivity contribution is -0.123. The molecule has 120 valence electrons. The van der Waals surface area contributed by atoms with E-state index in [4.69, 9.17) is 16.3 Å². The summed E-state index contributed by atoms with van der Waals surface area (Å²) in [5, 5.41) is 5.48. The Labute approximate surface area is 143 Å². The molecular formula is C18H14ClN3O2. The molecule has 1 aromatic heterocycles. The van der Waals surface area contributed by atoms with Crippen molar-refractivity contribution in [1.82, 2.24) is 10.4 Å². The average Bonchev–Trinajstić information content (AvgIpc) is 2.61. The van der Waals surface area contributed by atoms with Crippen LogP contribution in [0.5, 0.6) is 5.75 Å². The van der Waals surface area contributed by atoms with Gasteiger partial charge in [0.1, 0.15) is 11.3 Å². The number of carbonyl (C=O) groups excluding carboxylic acids is 1. The Bertz CT molecular complexity index is 874. The van der Waals surface area contributed by atoms with Gasteiger partial charge in [-0.1, -0.05) is 41.9 Å². The minimum atomic E-state index is -0.354. The predicted octanol–water partition coefficient (Wildman–Crippen LogP) is 3.42. The Kier molecular flexibility index (Phi) is 5.03. The van der Waals surface area contributed by atoms with Gasteiger partial charge >= 0.3 is 0 Å². The van der Waals surface area contributed by atoms with E-state index in [0.29, 0.717) is 10.8 Å². The highest BCUT2D eigenvalue weighted by Crippen LogP contribution is 2.22. The lowest BCUT2D eigenvalue weighted by Crippen LogP contribution is -2.24. The number of nitrogens with one attached hydrogen (secondary N) is 1. The van der Waals surface area contributed by atoms with E-state index in [1.165, 1.54) is 6.21 Å². The summed E-state index contributed by atoms with van der Waals surface area (Å²) in [6.45, 7) is -0.145. The predicted molar refractivity (Wildman–Crippen MR) is 94.4 cm³/mol. The van der Waals surface area contributed by atoms with Crippen LogP contribution in [-0.4, -0.2) is 23.7 Å². The third-order valence-corrected chi connectivity index (χ3v) is 3.48. The third kappa shape index (κ3) is 4.08. The van der Waals surface area contributed by atoms with E-state index >= 15 is 0 Å². The summed E-state index contributed by atoms with van der Waals surface area (Å²) in [6, 6.07) is 16.5. The molecule has 0 aliphatic carbocycles. The minimum absolute atomic E-state index is 0.145. The molecule has 3 aromatic rings. The van der Waals surface area contributed by atoms with E-state index in [0.717, 1.165) is 16.5 Å². The van der Waals surface area contributed by atoms with Crippen LogP contribution in [0.15, 0.2) is 65.9 Å². The summed E-state index contributed by atoms with van der Waals surface area (Å²) in [4.78, 5) is 16.1. The number of para-hydroxylation sites is 1. The first-order valence-electron chi connectivity index (χ1n) is 7.26. The van der Waals surface area contributed by atoms with Crippen molar-refractivity contribution >= 4 is 34.6 Å². The number of ether oxygens (including phenoxy) is 1. The van der Waals surface area contributed by atoms with Crippen LogP contribution < -0.4 is 10.2 Å². The number of amides is 1. The number of benzene rings is 2. The first-order chi connectivity index (χ1) is 11.7. The topological polar surface area (TPSA) is 63.6 Å². The van der Waals surface area contributed by atoms with Crippen LogP contribution in [0.1, 0.15) is 5.56 Å². The second kappa shape index (κ2) is 7.57. The smallest absolute Gasteiger partial charge is 0.277 e. The van der Waals surface area contributed by atoms with Crippen molar-refractivity contribution in [2.75, 3.05) is 6.61 Å². The van der Waals surface area contributed by atoms with Gasteiger partial charge in [0.05, 0.1) is 6.21 Å². The van der Waals surface area contributed by atoms with Crippen molar-refractivity contribution in [2.45, 2.75) is 0 Å². The monoisotopic (exact) mass is 339 g/mol. The molecule has 3 rings (SSSR count). The number of rotatable bonds is 5. The van der Waals surface area contributed by atoms with Gasteiger partial charge in [-0.15, -0.1) is 0 Å². The van der Waals surface area contributed by atoms with Gasteiger partial charge in [0.15, 0.2) is 6.61 Å². The molecule has 1 heterocycles. The van der Waals surface area contributed by atoms with Crippen molar-refractivity contribution < 1.29 is 9.53 Å². The van der Waals surface area contributed by atoms with Gasteiger partial charge in [0.2, 0.25) is 0 Å². The number of pyridine rings is 1. The number of nitrogens with zero attached hydrogens (tertiary/aromatic N) is 2. The van der Waals surface area contributed by atoms with Gasteiger partial charge in [-0.2, -0.15) is 5.10 Å². The molecule has 0 atom stereocenters. The van der Waals surface area contributed by atoms with Gasteiger partial charge in [-0.3, -0.25) is 9.78 Å². The Morgan fingerprint density at radius 1 is 1.17 bits per heavy atom. The Balaban J connectivity index is 1.56. The fraction of sp³-hybridized carbons (Fsp3) is 0.0556. The van der Waals surface area contributed by atoms with Gasteiger partial charge in [-0.25, -0.2) is 5.43 Å². The molecule has 5 nitrogen and oxygen atoms in total. The van der Waals surface area contributed by atoms with Gasteiger partial charge in [0, 0.05) is 16.6 Å². The van der Waals surface area contributed by atoms with E-state index in [2.05, 4.69) is 15.5 Å². The average molecular weight is 340 g/mol. The number of hydrogen-bond acceptors (Lipinski definition) is 4. The summed E-state index contributed by atoms with van der Waals surface area (Å²) < 4.78 is 5.53. The molecule has 1 N–H and O–H groups in total. The summed E-state index contributed by atoms with van der Waals surface area (Å²) in [6.07, 6.45) is 3.22. The van der Waals surface area contributed by atoms with Gasteiger partial charge in [-0.05, 0) is 29.8 Å².